The summed E-state index contributed by atoms with van der Waals surface area (Å²) in [5.41, 5.74) is 6.47. The van der Waals surface area contributed by atoms with Gasteiger partial charge in [-0.3, -0.25) is 0 Å². The van der Waals surface area contributed by atoms with E-state index in [0.717, 1.165) is 12.1 Å². The van der Waals surface area contributed by atoms with Crippen LogP contribution in [0.1, 0.15) is 18.1 Å². The standard InChI is InChI=1S/C12H16ClN/c1-9-4-5-12(11(3)6-9)14-8-10(2)7-13/h4-7,14H,8H2,1-3H3/b10-7-. The lowest BCUT2D eigenvalue weighted by Gasteiger charge is -2.09. The highest BCUT2D eigenvalue weighted by atomic mass is 35.5. The van der Waals surface area contributed by atoms with Crippen molar-refractivity contribution in [2.45, 2.75) is 20.8 Å². The van der Waals surface area contributed by atoms with Crippen molar-refractivity contribution in [3.05, 3.63) is 40.4 Å². The summed E-state index contributed by atoms with van der Waals surface area (Å²) >= 11 is 5.58. The molecule has 14 heavy (non-hydrogen) atoms. The number of benzene rings is 1. The summed E-state index contributed by atoms with van der Waals surface area (Å²) in [6, 6.07) is 6.38. The first-order chi connectivity index (χ1) is 6.63. The summed E-state index contributed by atoms with van der Waals surface area (Å²) in [6.07, 6.45) is 0. The van der Waals surface area contributed by atoms with E-state index in [1.165, 1.54) is 16.8 Å². The van der Waals surface area contributed by atoms with Crippen LogP contribution in [0.3, 0.4) is 0 Å². The Morgan fingerprint density at radius 3 is 2.71 bits per heavy atom. The lowest BCUT2D eigenvalue weighted by Crippen LogP contribution is -2.03. The van der Waals surface area contributed by atoms with E-state index in [4.69, 9.17) is 11.6 Å². The zero-order valence-corrected chi connectivity index (χ0v) is 9.65. The summed E-state index contributed by atoms with van der Waals surface area (Å²) in [6.45, 7) is 7.01. The molecule has 0 heterocycles. The number of halogens is 1. The van der Waals surface area contributed by atoms with Crippen LogP contribution in [-0.2, 0) is 0 Å². The van der Waals surface area contributed by atoms with Gasteiger partial charge in [-0.05, 0) is 38.0 Å². The maximum absolute atomic E-state index is 5.58. The first-order valence-corrected chi connectivity index (χ1v) is 5.14. The third kappa shape index (κ3) is 3.08. The van der Waals surface area contributed by atoms with Crippen molar-refractivity contribution in [2.75, 3.05) is 11.9 Å². The van der Waals surface area contributed by atoms with Crippen molar-refractivity contribution in [1.82, 2.24) is 0 Å². The molecule has 0 spiro atoms. The third-order valence-electron chi connectivity index (χ3n) is 2.13. The van der Waals surface area contributed by atoms with Gasteiger partial charge in [0.2, 0.25) is 0 Å². The summed E-state index contributed by atoms with van der Waals surface area (Å²) in [4.78, 5) is 0. The van der Waals surface area contributed by atoms with Gasteiger partial charge in [0.05, 0.1) is 0 Å². The van der Waals surface area contributed by atoms with E-state index in [0.29, 0.717) is 0 Å². The monoisotopic (exact) mass is 209 g/mol. The smallest absolute Gasteiger partial charge is 0.0372 e. The zero-order chi connectivity index (χ0) is 10.6. The zero-order valence-electron chi connectivity index (χ0n) is 8.89. The van der Waals surface area contributed by atoms with E-state index in [1.807, 2.05) is 6.92 Å². The van der Waals surface area contributed by atoms with Crippen LogP contribution in [0.5, 0.6) is 0 Å². The highest BCUT2D eigenvalue weighted by molar-refractivity contribution is 6.25. The average molecular weight is 210 g/mol. The largest absolute Gasteiger partial charge is 0.381 e. The summed E-state index contributed by atoms with van der Waals surface area (Å²) in [5, 5.41) is 3.34. The third-order valence-corrected chi connectivity index (χ3v) is 2.50. The molecule has 0 aliphatic heterocycles. The van der Waals surface area contributed by atoms with Gasteiger partial charge in [0.1, 0.15) is 0 Å². The molecule has 1 aromatic carbocycles. The van der Waals surface area contributed by atoms with Crippen molar-refractivity contribution in [1.29, 1.82) is 0 Å². The number of hydrogen-bond donors (Lipinski definition) is 1. The molecule has 0 fully saturated rings. The van der Waals surface area contributed by atoms with E-state index in [9.17, 15) is 0 Å². The predicted molar refractivity (Wildman–Crippen MR) is 64.0 cm³/mol. The highest BCUT2D eigenvalue weighted by Gasteiger charge is 1.97. The van der Waals surface area contributed by atoms with Gasteiger partial charge in [-0.1, -0.05) is 29.3 Å². The number of nitrogens with one attached hydrogen (secondary N) is 1. The van der Waals surface area contributed by atoms with Gasteiger partial charge in [-0.25, -0.2) is 0 Å². The molecular formula is C12H16ClN. The molecule has 1 N–H and O–H groups in total. The molecule has 0 amide bonds. The van der Waals surface area contributed by atoms with Crippen molar-refractivity contribution in [3.8, 4) is 0 Å². The normalized spacial score (nSPS) is 11.6. The summed E-state index contributed by atoms with van der Waals surface area (Å²) < 4.78 is 0. The average Bonchev–Trinajstić information content (AvgIpc) is 2.16. The molecule has 0 radical (unpaired) electrons. The minimum Gasteiger partial charge on any atom is -0.381 e. The van der Waals surface area contributed by atoms with Crippen LogP contribution in [0.15, 0.2) is 29.3 Å². The summed E-state index contributed by atoms with van der Waals surface area (Å²) in [7, 11) is 0. The van der Waals surface area contributed by atoms with E-state index in [-0.39, 0.29) is 0 Å². The lowest BCUT2D eigenvalue weighted by atomic mass is 10.1. The molecule has 1 rings (SSSR count). The Kier molecular flexibility index (Phi) is 4.02. The van der Waals surface area contributed by atoms with E-state index < -0.39 is 0 Å². The molecule has 0 saturated carbocycles. The maximum atomic E-state index is 5.58. The van der Waals surface area contributed by atoms with Crippen LogP contribution in [0.4, 0.5) is 5.69 Å². The number of aryl methyl sites for hydroxylation is 2. The predicted octanol–water partition coefficient (Wildman–Crippen LogP) is 3.86. The SMILES string of the molecule is C/C(=C/Cl)CNc1ccc(C)cc1C. The Morgan fingerprint density at radius 2 is 2.14 bits per heavy atom. The van der Waals surface area contributed by atoms with Gasteiger partial charge in [0.25, 0.3) is 0 Å². The second-order valence-electron chi connectivity index (χ2n) is 3.63. The number of anilines is 1. The van der Waals surface area contributed by atoms with E-state index >= 15 is 0 Å². The Bertz CT molecular complexity index is 342. The Balaban J connectivity index is 2.68. The molecule has 1 aromatic rings. The van der Waals surface area contributed by atoms with Gasteiger partial charge < -0.3 is 5.32 Å². The second kappa shape index (κ2) is 5.06. The van der Waals surface area contributed by atoms with Crippen LogP contribution in [0.25, 0.3) is 0 Å². The van der Waals surface area contributed by atoms with Gasteiger partial charge in [-0.2, -0.15) is 0 Å². The topological polar surface area (TPSA) is 12.0 Å². The molecule has 76 valence electrons. The first-order valence-electron chi connectivity index (χ1n) is 4.70. The highest BCUT2D eigenvalue weighted by Crippen LogP contribution is 2.16. The van der Waals surface area contributed by atoms with Crippen molar-refractivity contribution < 1.29 is 0 Å². The first kappa shape index (κ1) is 11.1. The van der Waals surface area contributed by atoms with Crippen molar-refractivity contribution in [3.63, 3.8) is 0 Å². The quantitative estimate of drug-likeness (QED) is 0.797. The Morgan fingerprint density at radius 1 is 1.43 bits per heavy atom. The molecule has 0 aromatic heterocycles. The number of hydrogen-bond acceptors (Lipinski definition) is 1. The van der Waals surface area contributed by atoms with Crippen molar-refractivity contribution in [2.24, 2.45) is 0 Å². The molecule has 0 bridgehead atoms. The summed E-state index contributed by atoms with van der Waals surface area (Å²) in [5.74, 6) is 0. The molecule has 0 aliphatic carbocycles. The van der Waals surface area contributed by atoms with Crippen LogP contribution in [-0.4, -0.2) is 6.54 Å². The molecule has 0 unspecified atom stereocenters. The lowest BCUT2D eigenvalue weighted by molar-refractivity contribution is 1.20. The molecule has 0 atom stereocenters. The molecule has 0 saturated heterocycles. The molecule has 2 heteroatoms. The minimum atomic E-state index is 0.799. The van der Waals surface area contributed by atoms with Crippen LogP contribution in [0.2, 0.25) is 0 Å². The van der Waals surface area contributed by atoms with Crippen LogP contribution < -0.4 is 5.32 Å². The molecular weight excluding hydrogens is 194 g/mol. The molecule has 1 nitrogen and oxygen atoms in total. The van der Waals surface area contributed by atoms with Crippen LogP contribution >= 0.6 is 11.6 Å². The molecule has 0 aliphatic rings. The fourth-order valence-electron chi connectivity index (χ4n) is 1.29. The van der Waals surface area contributed by atoms with Gasteiger partial charge in [-0.15, -0.1) is 0 Å². The minimum absolute atomic E-state index is 0.799. The fraction of sp³-hybridized carbons (Fsp3) is 0.333. The number of rotatable bonds is 3. The maximum Gasteiger partial charge on any atom is 0.0372 e. The second-order valence-corrected chi connectivity index (χ2v) is 3.85. The van der Waals surface area contributed by atoms with E-state index in [2.05, 4.69) is 37.4 Å². The Hall–Kier alpha value is -0.950. The Labute approximate surface area is 90.8 Å². The van der Waals surface area contributed by atoms with Gasteiger partial charge in [0, 0.05) is 17.8 Å². The van der Waals surface area contributed by atoms with Gasteiger partial charge in [0.15, 0.2) is 0 Å². The van der Waals surface area contributed by atoms with Crippen molar-refractivity contribution >= 4 is 17.3 Å². The van der Waals surface area contributed by atoms with Gasteiger partial charge >= 0.3 is 0 Å². The van der Waals surface area contributed by atoms with Crippen LogP contribution in [0, 0.1) is 13.8 Å². The van der Waals surface area contributed by atoms with E-state index in [1.54, 1.807) is 5.54 Å². The fourth-order valence-corrected chi connectivity index (χ4v) is 1.36.